The molecule has 5 heteroatoms. The monoisotopic (exact) mass is 215 g/mol. The topological polar surface area (TPSA) is 30.2 Å². The van der Waals surface area contributed by atoms with Gasteiger partial charge in [-0.3, -0.25) is 0 Å². The molecule has 0 N–H and O–H groups in total. The van der Waals surface area contributed by atoms with E-state index >= 15 is 0 Å². The summed E-state index contributed by atoms with van der Waals surface area (Å²) in [6.45, 7) is 3.70. The Labute approximate surface area is 85.3 Å². The summed E-state index contributed by atoms with van der Waals surface area (Å²) < 4.78 is 1.58. The summed E-state index contributed by atoms with van der Waals surface area (Å²) in [5.41, 5.74) is 2.30. The van der Waals surface area contributed by atoms with Crippen molar-refractivity contribution < 1.29 is 0 Å². The molecule has 0 amide bonds. The highest BCUT2D eigenvalue weighted by Gasteiger charge is 2.09. The lowest BCUT2D eigenvalue weighted by molar-refractivity contribution is 0.908. The molecule has 0 radical (unpaired) electrons. The summed E-state index contributed by atoms with van der Waals surface area (Å²) in [6, 6.07) is 1.83. The smallest absolute Gasteiger partial charge is 0.158 e. The predicted octanol–water partition coefficient (Wildman–Crippen LogP) is 2.65. The third-order valence-corrected chi connectivity index (χ3v) is 2.64. The second kappa shape index (κ2) is 2.86. The van der Waals surface area contributed by atoms with E-state index in [0.717, 1.165) is 11.3 Å². The predicted molar refractivity (Wildman–Crippen MR) is 52.5 cm³/mol. The molecule has 0 saturated heterocycles. The highest BCUT2D eigenvalue weighted by molar-refractivity contribution is 6.34. The molecule has 0 aliphatic heterocycles. The Balaban J connectivity index is 2.92. The average molecular weight is 216 g/mol. The molecule has 0 spiro atoms. The Bertz CT molecular complexity index is 476. The standard InChI is InChI=1S/C8H7Cl2N3/c1-4-3-6-11-7(9)5(2)8(10)13(6)12-4/h3H,1-2H3. The van der Waals surface area contributed by atoms with Crippen LogP contribution in [0.4, 0.5) is 0 Å². The van der Waals surface area contributed by atoms with E-state index in [1.807, 2.05) is 19.9 Å². The van der Waals surface area contributed by atoms with Gasteiger partial charge in [0.25, 0.3) is 0 Å². The Kier molecular flexibility index (Phi) is 1.93. The second-order valence-corrected chi connectivity index (χ2v) is 3.59. The molecule has 0 fully saturated rings. The first-order valence-corrected chi connectivity index (χ1v) is 4.53. The number of aryl methyl sites for hydroxylation is 1. The molecule has 0 aliphatic carbocycles. The molecule has 13 heavy (non-hydrogen) atoms. The van der Waals surface area contributed by atoms with Crippen molar-refractivity contribution in [3.05, 3.63) is 27.6 Å². The lowest BCUT2D eigenvalue weighted by Gasteiger charge is -2.01. The minimum absolute atomic E-state index is 0.428. The van der Waals surface area contributed by atoms with Gasteiger partial charge in [-0.05, 0) is 13.8 Å². The molecule has 0 aliphatic rings. The SMILES string of the molecule is Cc1cc2nc(Cl)c(C)c(Cl)n2n1. The molecule has 0 aromatic carbocycles. The van der Waals surface area contributed by atoms with Crippen LogP contribution in [0, 0.1) is 13.8 Å². The second-order valence-electron chi connectivity index (χ2n) is 2.87. The molecule has 0 bridgehead atoms. The zero-order chi connectivity index (χ0) is 9.59. The van der Waals surface area contributed by atoms with Gasteiger partial charge >= 0.3 is 0 Å². The number of fused-ring (bicyclic) bond motifs is 1. The summed E-state index contributed by atoms with van der Waals surface area (Å²) in [6.07, 6.45) is 0. The van der Waals surface area contributed by atoms with Gasteiger partial charge in [0.2, 0.25) is 0 Å². The summed E-state index contributed by atoms with van der Waals surface area (Å²) >= 11 is 11.9. The van der Waals surface area contributed by atoms with Crippen molar-refractivity contribution in [1.29, 1.82) is 0 Å². The molecule has 3 nitrogen and oxygen atoms in total. The molecule has 0 saturated carbocycles. The van der Waals surface area contributed by atoms with E-state index in [-0.39, 0.29) is 0 Å². The number of rotatable bonds is 0. The van der Waals surface area contributed by atoms with Crippen molar-refractivity contribution >= 4 is 28.8 Å². The minimum atomic E-state index is 0.428. The average Bonchev–Trinajstić information content (AvgIpc) is 2.42. The summed E-state index contributed by atoms with van der Waals surface area (Å²) in [5.74, 6) is 0. The van der Waals surface area contributed by atoms with Gasteiger partial charge in [-0.15, -0.1) is 0 Å². The van der Waals surface area contributed by atoms with Gasteiger partial charge in [0.15, 0.2) is 5.65 Å². The van der Waals surface area contributed by atoms with Crippen LogP contribution in [0.15, 0.2) is 6.07 Å². The normalized spacial score (nSPS) is 11.1. The van der Waals surface area contributed by atoms with E-state index in [9.17, 15) is 0 Å². The summed E-state index contributed by atoms with van der Waals surface area (Å²) in [4.78, 5) is 4.14. The number of hydrogen-bond donors (Lipinski definition) is 0. The maximum atomic E-state index is 6.02. The van der Waals surface area contributed by atoms with Crippen molar-refractivity contribution in [3.8, 4) is 0 Å². The van der Waals surface area contributed by atoms with Crippen LogP contribution in [0.2, 0.25) is 10.3 Å². The lowest BCUT2D eigenvalue weighted by atomic mass is 10.4. The molecule has 68 valence electrons. The minimum Gasteiger partial charge on any atom is -0.216 e. The summed E-state index contributed by atoms with van der Waals surface area (Å²) in [5, 5.41) is 5.12. The number of halogens is 2. The van der Waals surface area contributed by atoms with E-state index < -0.39 is 0 Å². The van der Waals surface area contributed by atoms with E-state index in [4.69, 9.17) is 23.2 Å². The molecule has 2 aromatic heterocycles. The van der Waals surface area contributed by atoms with Crippen molar-refractivity contribution in [3.63, 3.8) is 0 Å². The van der Waals surface area contributed by atoms with Gasteiger partial charge in [-0.2, -0.15) is 5.10 Å². The lowest BCUT2D eigenvalue weighted by Crippen LogP contribution is -1.96. The van der Waals surface area contributed by atoms with Gasteiger partial charge < -0.3 is 0 Å². The first kappa shape index (κ1) is 8.78. The van der Waals surface area contributed by atoms with Gasteiger partial charge in [0.1, 0.15) is 10.3 Å². The van der Waals surface area contributed by atoms with Gasteiger partial charge in [-0.1, -0.05) is 23.2 Å². The van der Waals surface area contributed by atoms with E-state index in [1.165, 1.54) is 0 Å². The van der Waals surface area contributed by atoms with Gasteiger partial charge in [-0.25, -0.2) is 9.50 Å². The molecule has 0 atom stereocenters. The van der Waals surface area contributed by atoms with Gasteiger partial charge in [0, 0.05) is 11.6 Å². The highest BCUT2D eigenvalue weighted by Crippen LogP contribution is 2.22. The van der Waals surface area contributed by atoms with Crippen molar-refractivity contribution in [2.75, 3.05) is 0 Å². The maximum Gasteiger partial charge on any atom is 0.158 e. The fourth-order valence-corrected chi connectivity index (χ4v) is 1.58. The fourth-order valence-electron chi connectivity index (χ4n) is 1.14. The first-order chi connectivity index (χ1) is 6.09. The Morgan fingerprint density at radius 2 is 2.00 bits per heavy atom. The fraction of sp³-hybridized carbons (Fsp3) is 0.250. The van der Waals surface area contributed by atoms with Crippen LogP contribution < -0.4 is 0 Å². The van der Waals surface area contributed by atoms with Crippen molar-refractivity contribution in [1.82, 2.24) is 14.6 Å². The van der Waals surface area contributed by atoms with Crippen LogP contribution in [0.25, 0.3) is 5.65 Å². The largest absolute Gasteiger partial charge is 0.216 e. The molecule has 0 unspecified atom stereocenters. The Morgan fingerprint density at radius 1 is 1.31 bits per heavy atom. The third kappa shape index (κ3) is 1.28. The van der Waals surface area contributed by atoms with Crippen LogP contribution in [-0.2, 0) is 0 Å². The zero-order valence-corrected chi connectivity index (χ0v) is 8.69. The molecule has 2 rings (SSSR count). The van der Waals surface area contributed by atoms with Crippen LogP contribution >= 0.6 is 23.2 Å². The highest BCUT2D eigenvalue weighted by atomic mass is 35.5. The summed E-state index contributed by atoms with van der Waals surface area (Å²) in [7, 11) is 0. The van der Waals surface area contributed by atoms with Crippen LogP contribution in [-0.4, -0.2) is 14.6 Å². The van der Waals surface area contributed by atoms with Crippen molar-refractivity contribution in [2.24, 2.45) is 0 Å². The Hall–Kier alpha value is -0.800. The number of nitrogens with zero attached hydrogens (tertiary/aromatic N) is 3. The quantitative estimate of drug-likeness (QED) is 0.633. The number of aromatic nitrogens is 3. The first-order valence-electron chi connectivity index (χ1n) is 3.77. The van der Waals surface area contributed by atoms with E-state index in [2.05, 4.69) is 10.1 Å². The van der Waals surface area contributed by atoms with Crippen molar-refractivity contribution in [2.45, 2.75) is 13.8 Å². The molecule has 2 aromatic rings. The van der Waals surface area contributed by atoms with Crippen LogP contribution in [0.3, 0.4) is 0 Å². The maximum absolute atomic E-state index is 6.02. The van der Waals surface area contributed by atoms with Crippen LogP contribution in [0.1, 0.15) is 11.3 Å². The zero-order valence-electron chi connectivity index (χ0n) is 7.17. The van der Waals surface area contributed by atoms with Gasteiger partial charge in [0.05, 0.1) is 5.69 Å². The third-order valence-electron chi connectivity index (χ3n) is 1.83. The van der Waals surface area contributed by atoms with E-state index in [0.29, 0.717) is 16.0 Å². The Morgan fingerprint density at radius 3 is 2.69 bits per heavy atom. The molecule has 2 heterocycles. The van der Waals surface area contributed by atoms with E-state index in [1.54, 1.807) is 4.52 Å². The number of hydrogen-bond acceptors (Lipinski definition) is 2. The molecular formula is C8H7Cl2N3. The van der Waals surface area contributed by atoms with Crippen LogP contribution in [0.5, 0.6) is 0 Å². The molecular weight excluding hydrogens is 209 g/mol.